The predicted octanol–water partition coefficient (Wildman–Crippen LogP) is 1.72. The van der Waals surface area contributed by atoms with E-state index >= 15 is 0 Å². The number of carboxylic acids is 1. The van der Waals surface area contributed by atoms with Crippen molar-refractivity contribution in [1.82, 2.24) is 4.90 Å². The minimum atomic E-state index is -0.884. The summed E-state index contributed by atoms with van der Waals surface area (Å²) in [5.41, 5.74) is 2.07. The molecule has 0 aliphatic carbocycles. The average Bonchev–Trinajstić information content (AvgIpc) is 2.28. The highest BCUT2D eigenvalue weighted by molar-refractivity contribution is 5.79. The number of carboxylic acid groups (broad SMARTS) is 1. The van der Waals surface area contributed by atoms with Crippen molar-refractivity contribution in [3.8, 4) is 0 Å². The van der Waals surface area contributed by atoms with Crippen LogP contribution in [0.15, 0.2) is 24.3 Å². The molecule has 0 aliphatic rings. The Morgan fingerprint density at radius 3 is 2.61 bits per heavy atom. The van der Waals surface area contributed by atoms with E-state index in [1.54, 1.807) is 14.0 Å². The zero-order valence-electron chi connectivity index (χ0n) is 11.0. The fraction of sp³-hybridized carbons (Fsp3) is 0.429. The van der Waals surface area contributed by atoms with Crippen LogP contribution in [-0.4, -0.2) is 35.5 Å². The predicted molar refractivity (Wildman–Crippen MR) is 69.3 cm³/mol. The number of rotatable bonds is 5. The lowest BCUT2D eigenvalue weighted by Crippen LogP contribution is -2.34. The summed E-state index contributed by atoms with van der Waals surface area (Å²) in [5, 5.41) is 8.80. The lowest BCUT2D eigenvalue weighted by atomic mass is 10.1. The zero-order chi connectivity index (χ0) is 13.7. The summed E-state index contributed by atoms with van der Waals surface area (Å²) in [6.07, 6.45) is 0.310. The molecule has 1 atom stereocenters. The smallest absolute Gasteiger partial charge is 0.308 e. The summed E-state index contributed by atoms with van der Waals surface area (Å²) >= 11 is 0. The van der Waals surface area contributed by atoms with Crippen LogP contribution in [0.5, 0.6) is 0 Å². The van der Waals surface area contributed by atoms with Crippen molar-refractivity contribution >= 4 is 11.9 Å². The molecule has 18 heavy (non-hydrogen) atoms. The third-order valence-corrected chi connectivity index (χ3v) is 2.83. The van der Waals surface area contributed by atoms with E-state index in [1.165, 1.54) is 4.90 Å². The SMILES string of the molecule is Cc1cccc(CC(=O)N(C)CC(C)C(=O)O)c1. The van der Waals surface area contributed by atoms with Gasteiger partial charge in [0.2, 0.25) is 5.91 Å². The molecule has 1 unspecified atom stereocenters. The van der Waals surface area contributed by atoms with Crippen LogP contribution in [0, 0.1) is 12.8 Å². The Balaban J connectivity index is 2.57. The van der Waals surface area contributed by atoms with Gasteiger partial charge in [-0.15, -0.1) is 0 Å². The van der Waals surface area contributed by atoms with E-state index in [2.05, 4.69) is 0 Å². The van der Waals surface area contributed by atoms with Gasteiger partial charge in [-0.3, -0.25) is 9.59 Å². The number of likely N-dealkylation sites (N-methyl/N-ethyl adjacent to an activating group) is 1. The monoisotopic (exact) mass is 249 g/mol. The fourth-order valence-corrected chi connectivity index (χ4v) is 1.72. The van der Waals surface area contributed by atoms with Crippen LogP contribution in [0.1, 0.15) is 18.1 Å². The van der Waals surface area contributed by atoms with Gasteiger partial charge >= 0.3 is 5.97 Å². The Labute approximate surface area is 107 Å². The molecule has 1 rings (SSSR count). The summed E-state index contributed by atoms with van der Waals surface area (Å²) in [6, 6.07) is 7.76. The summed E-state index contributed by atoms with van der Waals surface area (Å²) in [6.45, 7) is 3.81. The molecule has 0 saturated carbocycles. The maximum absolute atomic E-state index is 11.9. The Kier molecular flexibility index (Phi) is 4.89. The van der Waals surface area contributed by atoms with E-state index in [1.807, 2.05) is 31.2 Å². The maximum atomic E-state index is 11.9. The van der Waals surface area contributed by atoms with E-state index in [0.29, 0.717) is 6.42 Å². The van der Waals surface area contributed by atoms with Crippen LogP contribution in [0.3, 0.4) is 0 Å². The molecule has 4 nitrogen and oxygen atoms in total. The number of amides is 1. The largest absolute Gasteiger partial charge is 0.481 e. The van der Waals surface area contributed by atoms with Crippen molar-refractivity contribution in [3.05, 3.63) is 35.4 Å². The van der Waals surface area contributed by atoms with Gasteiger partial charge in [-0.1, -0.05) is 36.8 Å². The first-order chi connectivity index (χ1) is 8.40. The molecule has 0 fully saturated rings. The average molecular weight is 249 g/mol. The number of carbonyl (C=O) groups is 2. The highest BCUT2D eigenvalue weighted by Gasteiger charge is 2.17. The second-order valence-corrected chi connectivity index (χ2v) is 4.68. The molecule has 0 bridgehead atoms. The van der Waals surface area contributed by atoms with Crippen LogP contribution in [0.2, 0.25) is 0 Å². The first-order valence-corrected chi connectivity index (χ1v) is 5.92. The number of carbonyl (C=O) groups excluding carboxylic acids is 1. The summed E-state index contributed by atoms with van der Waals surface area (Å²) < 4.78 is 0. The van der Waals surface area contributed by atoms with Gasteiger partial charge in [0.15, 0.2) is 0 Å². The summed E-state index contributed by atoms with van der Waals surface area (Å²) in [7, 11) is 1.64. The van der Waals surface area contributed by atoms with Gasteiger partial charge in [-0.05, 0) is 12.5 Å². The molecular weight excluding hydrogens is 230 g/mol. The molecule has 98 valence electrons. The molecule has 1 N–H and O–H groups in total. The van der Waals surface area contributed by atoms with Crippen LogP contribution in [-0.2, 0) is 16.0 Å². The van der Waals surface area contributed by atoms with Gasteiger partial charge in [0.25, 0.3) is 0 Å². The van der Waals surface area contributed by atoms with Crippen LogP contribution in [0.25, 0.3) is 0 Å². The lowest BCUT2D eigenvalue weighted by molar-refractivity contribution is -0.142. The number of hydrogen-bond donors (Lipinski definition) is 1. The lowest BCUT2D eigenvalue weighted by Gasteiger charge is -2.19. The van der Waals surface area contributed by atoms with Crippen LogP contribution < -0.4 is 0 Å². The van der Waals surface area contributed by atoms with E-state index in [-0.39, 0.29) is 12.5 Å². The zero-order valence-corrected chi connectivity index (χ0v) is 11.0. The highest BCUT2D eigenvalue weighted by Crippen LogP contribution is 2.07. The van der Waals surface area contributed by atoms with Crippen molar-refractivity contribution in [1.29, 1.82) is 0 Å². The third kappa shape index (κ3) is 4.20. The van der Waals surface area contributed by atoms with Crippen molar-refractivity contribution in [3.63, 3.8) is 0 Å². The van der Waals surface area contributed by atoms with Crippen molar-refractivity contribution in [2.45, 2.75) is 20.3 Å². The molecule has 0 aromatic heterocycles. The molecule has 1 aromatic rings. The van der Waals surface area contributed by atoms with Gasteiger partial charge < -0.3 is 10.0 Å². The van der Waals surface area contributed by atoms with Crippen molar-refractivity contribution < 1.29 is 14.7 Å². The molecular formula is C14H19NO3. The third-order valence-electron chi connectivity index (χ3n) is 2.83. The first kappa shape index (κ1) is 14.2. The Morgan fingerprint density at radius 1 is 1.39 bits per heavy atom. The van der Waals surface area contributed by atoms with Gasteiger partial charge in [0.05, 0.1) is 12.3 Å². The first-order valence-electron chi connectivity index (χ1n) is 5.92. The van der Waals surface area contributed by atoms with Gasteiger partial charge in [0, 0.05) is 13.6 Å². The van der Waals surface area contributed by atoms with Gasteiger partial charge in [-0.2, -0.15) is 0 Å². The second-order valence-electron chi connectivity index (χ2n) is 4.68. The maximum Gasteiger partial charge on any atom is 0.308 e. The number of aliphatic carboxylic acids is 1. The molecule has 4 heteroatoms. The molecule has 0 spiro atoms. The number of nitrogens with zero attached hydrogens (tertiary/aromatic N) is 1. The second kappa shape index (κ2) is 6.19. The summed E-state index contributed by atoms with van der Waals surface area (Å²) in [5.74, 6) is -1.49. The van der Waals surface area contributed by atoms with Crippen LogP contribution in [0.4, 0.5) is 0 Å². The van der Waals surface area contributed by atoms with Crippen molar-refractivity contribution in [2.75, 3.05) is 13.6 Å². The molecule has 0 aliphatic heterocycles. The highest BCUT2D eigenvalue weighted by atomic mass is 16.4. The molecule has 1 aromatic carbocycles. The Bertz CT molecular complexity index is 442. The molecule has 0 heterocycles. The van der Waals surface area contributed by atoms with Crippen LogP contribution >= 0.6 is 0 Å². The molecule has 0 radical (unpaired) electrons. The van der Waals surface area contributed by atoms with Gasteiger partial charge in [-0.25, -0.2) is 0 Å². The topological polar surface area (TPSA) is 57.6 Å². The standard InChI is InChI=1S/C14H19NO3/c1-10-5-4-6-12(7-10)8-13(16)15(3)9-11(2)14(17)18/h4-7,11H,8-9H2,1-3H3,(H,17,18). The number of hydrogen-bond acceptors (Lipinski definition) is 2. The quantitative estimate of drug-likeness (QED) is 0.864. The molecule has 0 saturated heterocycles. The Hall–Kier alpha value is -1.84. The number of aryl methyl sites for hydroxylation is 1. The van der Waals surface area contributed by atoms with E-state index in [0.717, 1.165) is 11.1 Å². The number of benzene rings is 1. The molecule has 1 amide bonds. The fourth-order valence-electron chi connectivity index (χ4n) is 1.72. The normalized spacial score (nSPS) is 11.9. The van der Waals surface area contributed by atoms with E-state index < -0.39 is 11.9 Å². The minimum absolute atomic E-state index is 0.0614. The summed E-state index contributed by atoms with van der Waals surface area (Å²) in [4.78, 5) is 24.1. The van der Waals surface area contributed by atoms with Crippen molar-refractivity contribution in [2.24, 2.45) is 5.92 Å². The Morgan fingerprint density at radius 2 is 2.06 bits per heavy atom. The minimum Gasteiger partial charge on any atom is -0.481 e. The van der Waals surface area contributed by atoms with E-state index in [4.69, 9.17) is 5.11 Å². The van der Waals surface area contributed by atoms with E-state index in [9.17, 15) is 9.59 Å². The van der Waals surface area contributed by atoms with Gasteiger partial charge in [0.1, 0.15) is 0 Å².